The number of nitrogens with one attached hydrogen (secondary N) is 1. The van der Waals surface area contributed by atoms with Gasteiger partial charge in [0.1, 0.15) is 5.75 Å². The van der Waals surface area contributed by atoms with Gasteiger partial charge in [0, 0.05) is 11.8 Å². The minimum absolute atomic E-state index is 0.689. The second-order valence-electron chi connectivity index (χ2n) is 2.60. The predicted octanol–water partition coefficient (Wildman–Crippen LogP) is 1.95. The van der Waals surface area contributed by atoms with E-state index >= 15 is 0 Å². The van der Waals surface area contributed by atoms with Gasteiger partial charge in [0.05, 0.1) is 6.61 Å². The molecule has 0 aliphatic rings. The van der Waals surface area contributed by atoms with Crippen LogP contribution in [0.4, 0.5) is 5.69 Å². The molecule has 3 heteroatoms. The zero-order valence-corrected chi connectivity index (χ0v) is 7.54. The quantitative estimate of drug-likeness (QED) is 0.700. The highest BCUT2D eigenvalue weighted by Crippen LogP contribution is 2.16. The predicted molar refractivity (Wildman–Crippen MR) is 51.5 cm³/mol. The summed E-state index contributed by atoms with van der Waals surface area (Å²) in [5.41, 5.74) is 0.698. The Morgan fingerprint density at radius 3 is 3.08 bits per heavy atom. The molecule has 0 atom stereocenters. The van der Waals surface area contributed by atoms with Gasteiger partial charge in [-0.25, -0.2) is 0 Å². The highest BCUT2D eigenvalue weighted by molar-refractivity contribution is 5.72. The van der Waals surface area contributed by atoms with Crippen molar-refractivity contribution < 1.29 is 9.53 Å². The maximum absolute atomic E-state index is 10.0. The zero-order chi connectivity index (χ0) is 9.52. The molecule has 69 valence electrons. The van der Waals surface area contributed by atoms with E-state index in [0.29, 0.717) is 12.3 Å². The van der Waals surface area contributed by atoms with Crippen LogP contribution in [0.2, 0.25) is 0 Å². The van der Waals surface area contributed by atoms with E-state index in [1.165, 1.54) is 0 Å². The van der Waals surface area contributed by atoms with Crippen molar-refractivity contribution in [3.05, 3.63) is 24.3 Å². The van der Waals surface area contributed by atoms with Crippen LogP contribution in [-0.2, 0) is 4.79 Å². The summed E-state index contributed by atoms with van der Waals surface area (Å²) < 4.78 is 5.37. The largest absolute Gasteiger partial charge is 0.494 e. The van der Waals surface area contributed by atoms with Crippen molar-refractivity contribution in [1.29, 1.82) is 0 Å². The molecule has 1 radical (unpaired) electrons. The molecule has 1 amide bonds. The molecule has 1 aromatic rings. The number of anilines is 1. The average molecular weight is 178 g/mol. The van der Waals surface area contributed by atoms with E-state index in [1.807, 2.05) is 19.1 Å². The van der Waals surface area contributed by atoms with Crippen molar-refractivity contribution in [2.24, 2.45) is 0 Å². The Morgan fingerprint density at radius 2 is 2.38 bits per heavy atom. The minimum Gasteiger partial charge on any atom is -0.494 e. The van der Waals surface area contributed by atoms with Crippen LogP contribution < -0.4 is 10.1 Å². The van der Waals surface area contributed by atoms with Crippen LogP contribution in [-0.4, -0.2) is 13.0 Å². The van der Waals surface area contributed by atoms with Crippen LogP contribution in [0.3, 0.4) is 0 Å². The molecule has 1 N–H and O–H groups in total. The lowest BCUT2D eigenvalue weighted by molar-refractivity contribution is 0.317. The number of hydrogen-bond donors (Lipinski definition) is 1. The van der Waals surface area contributed by atoms with Gasteiger partial charge in [0.2, 0.25) is 0 Å². The zero-order valence-electron chi connectivity index (χ0n) is 7.54. The summed E-state index contributed by atoms with van der Waals surface area (Å²) in [6, 6.07) is 7.22. The Kier molecular flexibility index (Phi) is 3.82. The summed E-state index contributed by atoms with van der Waals surface area (Å²) in [6.07, 6.45) is 2.58. The fourth-order valence-electron chi connectivity index (χ4n) is 0.942. The van der Waals surface area contributed by atoms with Gasteiger partial charge in [-0.15, -0.1) is 0 Å². The molecule has 0 aliphatic carbocycles. The molecule has 0 unspecified atom stereocenters. The van der Waals surface area contributed by atoms with Gasteiger partial charge in [0.15, 0.2) is 0 Å². The monoisotopic (exact) mass is 178 g/mol. The molecule has 3 nitrogen and oxygen atoms in total. The maximum atomic E-state index is 10.0. The minimum atomic E-state index is 0.689. The first kappa shape index (κ1) is 9.58. The number of carbonyl (C=O) groups excluding carboxylic acids is 1. The van der Waals surface area contributed by atoms with Gasteiger partial charge in [-0.2, -0.15) is 0 Å². The molecule has 0 fully saturated rings. The fourth-order valence-corrected chi connectivity index (χ4v) is 0.942. The first-order valence-electron chi connectivity index (χ1n) is 4.23. The number of rotatable bonds is 5. The van der Waals surface area contributed by atoms with E-state index in [2.05, 4.69) is 5.32 Å². The molecular formula is C10H12NO2. The average Bonchev–Trinajstić information content (AvgIpc) is 2.16. The summed E-state index contributed by atoms with van der Waals surface area (Å²) in [6.45, 7) is 2.73. The van der Waals surface area contributed by atoms with Crippen molar-refractivity contribution in [2.75, 3.05) is 11.9 Å². The molecule has 0 heterocycles. The molecule has 0 bridgehead atoms. The van der Waals surface area contributed by atoms with Crippen LogP contribution in [0.25, 0.3) is 0 Å². The summed E-state index contributed by atoms with van der Waals surface area (Å²) >= 11 is 0. The first-order valence-corrected chi connectivity index (χ1v) is 4.23. The first-order chi connectivity index (χ1) is 6.36. The van der Waals surface area contributed by atoms with E-state index in [4.69, 9.17) is 4.74 Å². The molecule has 0 spiro atoms. The smallest absolute Gasteiger partial charge is 0.314 e. The van der Waals surface area contributed by atoms with Crippen molar-refractivity contribution in [2.45, 2.75) is 13.3 Å². The van der Waals surface area contributed by atoms with Gasteiger partial charge in [-0.05, 0) is 18.6 Å². The Bertz CT molecular complexity index is 273. The second-order valence-corrected chi connectivity index (χ2v) is 2.60. The number of amides is 1. The molecule has 0 aromatic heterocycles. The molecule has 13 heavy (non-hydrogen) atoms. The molecular weight excluding hydrogens is 166 g/mol. The van der Waals surface area contributed by atoms with Gasteiger partial charge >= 0.3 is 6.41 Å². The Hall–Kier alpha value is -1.51. The molecule has 1 aromatic carbocycles. The van der Waals surface area contributed by atoms with Crippen LogP contribution >= 0.6 is 0 Å². The van der Waals surface area contributed by atoms with Gasteiger partial charge in [-0.1, -0.05) is 13.0 Å². The summed E-state index contributed by atoms with van der Waals surface area (Å²) in [4.78, 5) is 10.0. The highest BCUT2D eigenvalue weighted by Gasteiger charge is 1.94. The molecule has 1 rings (SSSR count). The number of benzene rings is 1. The van der Waals surface area contributed by atoms with Gasteiger partial charge in [0.25, 0.3) is 0 Å². The Labute approximate surface area is 77.7 Å². The van der Waals surface area contributed by atoms with E-state index in [9.17, 15) is 4.79 Å². The lowest BCUT2D eigenvalue weighted by Gasteiger charge is -2.05. The molecule has 0 saturated carbocycles. The molecule has 0 aliphatic heterocycles. The Balaban J connectivity index is 2.61. The van der Waals surface area contributed by atoms with Crippen LogP contribution in [0.1, 0.15) is 13.3 Å². The van der Waals surface area contributed by atoms with E-state index in [0.717, 1.165) is 12.2 Å². The van der Waals surface area contributed by atoms with Crippen LogP contribution in [0.5, 0.6) is 5.75 Å². The normalized spacial score (nSPS) is 9.31. The Morgan fingerprint density at radius 1 is 1.54 bits per heavy atom. The number of ether oxygens (including phenoxy) is 1. The lowest BCUT2D eigenvalue weighted by Crippen LogP contribution is -1.97. The third-order valence-electron chi connectivity index (χ3n) is 1.50. The van der Waals surface area contributed by atoms with Crippen molar-refractivity contribution in [3.63, 3.8) is 0 Å². The lowest BCUT2D eigenvalue weighted by atomic mass is 10.3. The summed E-state index contributed by atoms with van der Waals surface area (Å²) in [7, 11) is 0. The standard InChI is InChI=1S/C10H12NO2/c1-2-6-13-10-5-3-4-9(7-10)11-8-12/h3-5,7H,2,6H2,1H3,(H,11,12). The summed E-state index contributed by atoms with van der Waals surface area (Å²) in [5, 5.41) is 2.44. The number of hydrogen-bond acceptors (Lipinski definition) is 2. The third-order valence-corrected chi connectivity index (χ3v) is 1.50. The van der Waals surface area contributed by atoms with Crippen LogP contribution in [0.15, 0.2) is 24.3 Å². The van der Waals surface area contributed by atoms with E-state index in [-0.39, 0.29) is 0 Å². The fraction of sp³-hybridized carbons (Fsp3) is 0.300. The van der Waals surface area contributed by atoms with Gasteiger partial charge in [-0.3, -0.25) is 4.79 Å². The summed E-state index contributed by atoms with van der Waals surface area (Å²) in [5.74, 6) is 0.766. The van der Waals surface area contributed by atoms with Crippen LogP contribution in [0, 0.1) is 0 Å². The maximum Gasteiger partial charge on any atom is 0.314 e. The van der Waals surface area contributed by atoms with Crippen molar-refractivity contribution in [1.82, 2.24) is 0 Å². The SMILES string of the molecule is CCCOc1cccc(N[C]=O)c1. The van der Waals surface area contributed by atoms with Gasteiger partial charge < -0.3 is 10.1 Å². The molecule has 0 saturated heterocycles. The second kappa shape index (κ2) is 5.19. The van der Waals surface area contributed by atoms with E-state index < -0.39 is 0 Å². The topological polar surface area (TPSA) is 38.3 Å². The van der Waals surface area contributed by atoms with Crippen molar-refractivity contribution >= 4 is 12.1 Å². The van der Waals surface area contributed by atoms with E-state index in [1.54, 1.807) is 18.5 Å². The van der Waals surface area contributed by atoms with Crippen molar-refractivity contribution in [3.8, 4) is 5.75 Å². The highest BCUT2D eigenvalue weighted by atomic mass is 16.5. The third kappa shape index (κ3) is 3.15.